The van der Waals surface area contributed by atoms with Crippen LogP contribution in [0.1, 0.15) is 22.9 Å². The van der Waals surface area contributed by atoms with Gasteiger partial charge < -0.3 is 5.11 Å². The molecule has 1 atom stereocenters. The fourth-order valence-electron chi connectivity index (χ4n) is 2.72. The molecule has 1 heterocycles. The highest BCUT2D eigenvalue weighted by atomic mass is 32.2. The molecule has 3 aromatic rings. The van der Waals surface area contributed by atoms with Crippen molar-refractivity contribution in [3.8, 4) is 0 Å². The maximum absolute atomic E-state index is 12.2. The number of rotatable bonds is 3. The molecule has 3 rings (SSSR count). The van der Waals surface area contributed by atoms with Crippen molar-refractivity contribution in [1.82, 2.24) is 3.97 Å². The fraction of sp³-hybridized carbons (Fsp3) is 0.176. The summed E-state index contributed by atoms with van der Waals surface area (Å²) in [6, 6.07) is 16.4. The van der Waals surface area contributed by atoms with Gasteiger partial charge in [0.05, 0.1) is 17.5 Å². The van der Waals surface area contributed by atoms with Gasteiger partial charge in [-0.1, -0.05) is 48.0 Å². The molecule has 5 heteroatoms. The summed E-state index contributed by atoms with van der Waals surface area (Å²) in [6.45, 7) is 1.93. The van der Waals surface area contributed by atoms with Crippen LogP contribution < -0.4 is 0 Å². The molecule has 0 saturated heterocycles. The topological polar surface area (TPSA) is 59.3 Å². The zero-order chi connectivity index (χ0) is 15.9. The monoisotopic (exact) mass is 315 g/mol. The lowest BCUT2D eigenvalue weighted by Crippen LogP contribution is -2.16. The number of hydrogen-bond acceptors (Lipinski definition) is 3. The summed E-state index contributed by atoms with van der Waals surface area (Å²) < 4.78 is 25.6. The number of fused-ring (bicyclic) bond motifs is 1. The van der Waals surface area contributed by atoms with Crippen LogP contribution in [0.2, 0.25) is 0 Å². The molecule has 0 radical (unpaired) electrons. The maximum atomic E-state index is 12.2. The minimum absolute atomic E-state index is 0.356. The molecule has 0 spiro atoms. The average molecular weight is 315 g/mol. The van der Waals surface area contributed by atoms with E-state index >= 15 is 0 Å². The van der Waals surface area contributed by atoms with Gasteiger partial charge in [-0.2, -0.15) is 0 Å². The first kappa shape index (κ1) is 14.8. The first-order valence-corrected chi connectivity index (χ1v) is 8.78. The Morgan fingerprint density at radius 2 is 1.77 bits per heavy atom. The van der Waals surface area contributed by atoms with Crippen LogP contribution in [0.3, 0.4) is 0 Å². The molecule has 1 aromatic heterocycles. The van der Waals surface area contributed by atoms with Gasteiger partial charge in [0.25, 0.3) is 0 Å². The first-order valence-electron chi connectivity index (χ1n) is 6.93. The van der Waals surface area contributed by atoms with Gasteiger partial charge in [-0.05, 0) is 24.6 Å². The van der Waals surface area contributed by atoms with E-state index in [0.717, 1.165) is 17.2 Å². The molecule has 0 aliphatic rings. The van der Waals surface area contributed by atoms with Gasteiger partial charge in [0.2, 0.25) is 10.0 Å². The summed E-state index contributed by atoms with van der Waals surface area (Å²) in [5, 5.41) is 11.5. The van der Waals surface area contributed by atoms with E-state index in [-0.39, 0.29) is 0 Å². The average Bonchev–Trinajstić information content (AvgIpc) is 2.85. The van der Waals surface area contributed by atoms with Crippen molar-refractivity contribution in [2.45, 2.75) is 13.0 Å². The van der Waals surface area contributed by atoms with Gasteiger partial charge in [0.15, 0.2) is 0 Å². The molecule has 4 nitrogen and oxygen atoms in total. The van der Waals surface area contributed by atoms with E-state index in [1.165, 1.54) is 3.97 Å². The van der Waals surface area contributed by atoms with E-state index in [1.54, 1.807) is 24.3 Å². The Labute approximate surface area is 129 Å². The maximum Gasteiger partial charge on any atom is 0.236 e. The van der Waals surface area contributed by atoms with Crippen LogP contribution in [-0.4, -0.2) is 23.8 Å². The molecule has 22 heavy (non-hydrogen) atoms. The molecule has 0 aliphatic carbocycles. The van der Waals surface area contributed by atoms with Gasteiger partial charge in [0, 0.05) is 5.39 Å². The van der Waals surface area contributed by atoms with E-state index in [2.05, 4.69) is 0 Å². The number of hydrogen-bond donors (Lipinski definition) is 1. The predicted octanol–water partition coefficient (Wildman–Crippen LogP) is 2.84. The van der Waals surface area contributed by atoms with E-state index in [0.29, 0.717) is 16.8 Å². The van der Waals surface area contributed by atoms with Crippen molar-refractivity contribution in [1.29, 1.82) is 0 Å². The summed E-state index contributed by atoms with van der Waals surface area (Å²) in [7, 11) is -3.52. The van der Waals surface area contributed by atoms with Crippen LogP contribution >= 0.6 is 0 Å². The van der Waals surface area contributed by atoms with E-state index < -0.39 is 16.1 Å². The fourth-order valence-corrected chi connectivity index (χ4v) is 3.78. The standard InChI is InChI=1S/C17H17NO3S/c1-12-6-5-8-14(10-12)17(19)16-11-13-7-3-4-9-15(13)18(16)22(2,20)21/h3-11,17,19H,1-2H3/t17-/m1/s1. The number of aliphatic hydroxyl groups is 1. The van der Waals surface area contributed by atoms with Crippen LogP contribution in [-0.2, 0) is 10.0 Å². The highest BCUT2D eigenvalue weighted by Gasteiger charge is 2.22. The van der Waals surface area contributed by atoms with Crippen LogP contribution in [0.4, 0.5) is 0 Å². The summed E-state index contributed by atoms with van der Waals surface area (Å²) in [5.41, 5.74) is 2.62. The molecule has 0 amide bonds. The summed E-state index contributed by atoms with van der Waals surface area (Å²) in [6.07, 6.45) is 0.147. The van der Waals surface area contributed by atoms with Gasteiger partial charge >= 0.3 is 0 Å². The van der Waals surface area contributed by atoms with Gasteiger partial charge in [-0.25, -0.2) is 12.4 Å². The van der Waals surface area contributed by atoms with Crippen molar-refractivity contribution in [2.75, 3.05) is 6.26 Å². The smallest absolute Gasteiger partial charge is 0.236 e. The van der Waals surface area contributed by atoms with E-state index in [9.17, 15) is 13.5 Å². The Morgan fingerprint density at radius 1 is 1.05 bits per heavy atom. The number of aromatic nitrogens is 1. The SMILES string of the molecule is Cc1cccc([C@@H](O)c2cc3ccccc3n2S(C)(=O)=O)c1. The van der Waals surface area contributed by atoms with E-state index in [1.807, 2.05) is 37.3 Å². The second kappa shape index (κ2) is 5.26. The largest absolute Gasteiger partial charge is 0.382 e. The Balaban J connectivity index is 2.26. The highest BCUT2D eigenvalue weighted by molar-refractivity contribution is 7.89. The molecule has 0 bridgehead atoms. The van der Waals surface area contributed by atoms with Crippen molar-refractivity contribution in [3.63, 3.8) is 0 Å². The van der Waals surface area contributed by atoms with Crippen molar-refractivity contribution < 1.29 is 13.5 Å². The molecule has 0 saturated carbocycles. The number of para-hydroxylation sites is 1. The normalized spacial score (nSPS) is 13.4. The molecule has 1 N–H and O–H groups in total. The lowest BCUT2D eigenvalue weighted by Gasteiger charge is -2.15. The van der Waals surface area contributed by atoms with Crippen LogP contribution in [0, 0.1) is 6.92 Å². The third kappa shape index (κ3) is 2.53. The minimum Gasteiger partial charge on any atom is -0.382 e. The number of aliphatic hydroxyl groups excluding tert-OH is 1. The quantitative estimate of drug-likeness (QED) is 0.808. The second-order valence-corrected chi connectivity index (χ2v) is 7.30. The molecular formula is C17H17NO3S. The predicted molar refractivity (Wildman–Crippen MR) is 87.4 cm³/mol. The molecular weight excluding hydrogens is 298 g/mol. The molecule has 0 unspecified atom stereocenters. The lowest BCUT2D eigenvalue weighted by molar-refractivity contribution is 0.214. The number of benzene rings is 2. The highest BCUT2D eigenvalue weighted by Crippen LogP contribution is 2.30. The zero-order valence-corrected chi connectivity index (χ0v) is 13.2. The van der Waals surface area contributed by atoms with E-state index in [4.69, 9.17) is 0 Å². The summed E-state index contributed by atoms with van der Waals surface area (Å²) in [4.78, 5) is 0. The molecule has 2 aromatic carbocycles. The van der Waals surface area contributed by atoms with Crippen LogP contribution in [0.15, 0.2) is 54.6 Å². The van der Waals surface area contributed by atoms with Gasteiger partial charge in [-0.3, -0.25) is 0 Å². The second-order valence-electron chi connectivity index (χ2n) is 5.47. The van der Waals surface area contributed by atoms with Crippen molar-refractivity contribution in [3.05, 3.63) is 71.4 Å². The summed E-state index contributed by atoms with van der Waals surface area (Å²) >= 11 is 0. The first-order chi connectivity index (χ1) is 10.4. The van der Waals surface area contributed by atoms with Crippen LogP contribution in [0.25, 0.3) is 10.9 Å². The Bertz CT molecular complexity index is 941. The van der Waals surface area contributed by atoms with Crippen molar-refractivity contribution in [2.24, 2.45) is 0 Å². The zero-order valence-electron chi connectivity index (χ0n) is 12.4. The van der Waals surface area contributed by atoms with Gasteiger partial charge in [0.1, 0.15) is 6.10 Å². The summed E-state index contributed by atoms with van der Waals surface area (Å²) in [5.74, 6) is 0. The molecule has 0 fully saturated rings. The number of nitrogens with zero attached hydrogens (tertiary/aromatic N) is 1. The minimum atomic E-state index is -3.52. The van der Waals surface area contributed by atoms with Crippen molar-refractivity contribution >= 4 is 20.9 Å². The third-order valence-electron chi connectivity index (χ3n) is 3.66. The Kier molecular flexibility index (Phi) is 3.54. The molecule has 0 aliphatic heterocycles. The molecule has 114 valence electrons. The Morgan fingerprint density at radius 3 is 2.45 bits per heavy atom. The number of aryl methyl sites for hydroxylation is 1. The van der Waals surface area contributed by atoms with Gasteiger partial charge in [-0.15, -0.1) is 0 Å². The third-order valence-corrected chi connectivity index (χ3v) is 4.73. The Hall–Kier alpha value is -2.11. The lowest BCUT2D eigenvalue weighted by atomic mass is 10.0. The van der Waals surface area contributed by atoms with Crippen LogP contribution in [0.5, 0.6) is 0 Å².